The third-order valence-corrected chi connectivity index (χ3v) is 14.1. The van der Waals surface area contributed by atoms with E-state index in [0.29, 0.717) is 12.8 Å². The van der Waals surface area contributed by atoms with Gasteiger partial charge in [0.2, 0.25) is 0 Å². The van der Waals surface area contributed by atoms with Crippen LogP contribution < -0.4 is 0 Å². The van der Waals surface area contributed by atoms with Crippen molar-refractivity contribution in [2.45, 2.75) is 281 Å². The Morgan fingerprint density at radius 1 is 0.565 bits per heavy atom. The van der Waals surface area contributed by atoms with Gasteiger partial charge in [0.1, 0.15) is 48.8 Å². The fourth-order valence-corrected chi connectivity index (χ4v) is 9.31. The minimum Gasteiger partial charge on any atom is -0.457 e. The lowest BCUT2D eigenvalue weighted by Gasteiger charge is -2.50. The Morgan fingerprint density at radius 2 is 1.16 bits per heavy atom. The molecule has 0 amide bonds. The average Bonchev–Trinajstić information content (AvgIpc) is 3.30. The second kappa shape index (κ2) is 27.2. The number of aliphatic hydroxyl groups is 6. The van der Waals surface area contributed by atoms with Crippen LogP contribution in [0.4, 0.5) is 0 Å². The summed E-state index contributed by atoms with van der Waals surface area (Å²) in [5.41, 5.74) is 0. The molecule has 5 fully saturated rings. The Morgan fingerprint density at radius 3 is 1.83 bits per heavy atom. The van der Waals surface area contributed by atoms with Crippen LogP contribution in [-0.2, 0) is 66.5 Å². The van der Waals surface area contributed by atoms with Crippen molar-refractivity contribution < 1.29 is 97.1 Å². The SMILES string of the molecule is CCCCC[C@@H]1CCCCCCCCCC(=O)O[C@H]2[C@H](O)[C@H](C)O[C@H](O[C@H]3[C@H](O1)O[C@H](C)[C@@H](O)[C@@H]3O)[C@H]2O[C@H]1O[C@@H](C)[C@H](O[C@H]2O[C@@H](C)[C@H](OC(=O)C(C)C)[C@@H](O)[C@@H]2O)[C@@H](O)[C@@H]1OC(=O)[C@H](C)CC. The van der Waals surface area contributed by atoms with Crippen molar-refractivity contribution >= 4 is 17.9 Å². The molecule has 20 heteroatoms. The smallest absolute Gasteiger partial charge is 0.309 e. The number of hydrogen-bond acceptors (Lipinski definition) is 20. The van der Waals surface area contributed by atoms with Gasteiger partial charge in [-0.25, -0.2) is 0 Å². The highest BCUT2D eigenvalue weighted by atomic mass is 16.8. The number of esters is 3. The molecule has 6 N–H and O–H groups in total. The molecule has 5 aliphatic rings. The second-order valence-corrected chi connectivity index (χ2v) is 20.1. The van der Waals surface area contributed by atoms with Crippen LogP contribution >= 0.6 is 0 Å². The largest absolute Gasteiger partial charge is 0.457 e. The molecule has 0 spiro atoms. The zero-order valence-corrected chi connectivity index (χ0v) is 42.1. The first-order chi connectivity index (χ1) is 32.8. The molecule has 0 aromatic carbocycles. The predicted octanol–water partition coefficient (Wildman–Crippen LogP) is 3.21. The van der Waals surface area contributed by atoms with E-state index in [-0.39, 0.29) is 12.5 Å². The van der Waals surface area contributed by atoms with Crippen molar-refractivity contribution in [1.82, 2.24) is 0 Å². The highest BCUT2D eigenvalue weighted by Crippen LogP contribution is 2.38. The Bertz CT molecular complexity index is 1570. The van der Waals surface area contributed by atoms with Gasteiger partial charge in [-0.05, 0) is 53.4 Å². The molecule has 5 heterocycles. The maximum atomic E-state index is 13.6. The molecule has 69 heavy (non-hydrogen) atoms. The summed E-state index contributed by atoms with van der Waals surface area (Å²) in [7, 11) is 0. The molecule has 5 saturated heterocycles. The average molecular weight is 993 g/mol. The van der Waals surface area contributed by atoms with E-state index in [1.54, 1.807) is 34.6 Å². The number of carbonyl (C=O) groups is 3. The number of aliphatic hydroxyl groups excluding tert-OH is 6. The predicted molar refractivity (Wildman–Crippen MR) is 243 cm³/mol. The van der Waals surface area contributed by atoms with Gasteiger partial charge < -0.3 is 82.7 Å². The highest BCUT2D eigenvalue weighted by molar-refractivity contribution is 5.72. The maximum absolute atomic E-state index is 13.6. The molecule has 22 atom stereocenters. The fraction of sp³-hybridized carbons (Fsp3) is 0.939. The Hall–Kier alpha value is -2.15. The molecule has 5 rings (SSSR count). The van der Waals surface area contributed by atoms with E-state index in [9.17, 15) is 45.0 Å². The third-order valence-electron chi connectivity index (χ3n) is 14.1. The zero-order valence-electron chi connectivity index (χ0n) is 42.1. The van der Waals surface area contributed by atoms with Crippen LogP contribution in [0.3, 0.4) is 0 Å². The first-order valence-corrected chi connectivity index (χ1v) is 25.7. The quantitative estimate of drug-likeness (QED) is 0.0878. The molecule has 0 aromatic heterocycles. The molecule has 400 valence electrons. The van der Waals surface area contributed by atoms with Crippen molar-refractivity contribution in [2.75, 3.05) is 0 Å². The number of rotatable bonds is 13. The number of carbonyl (C=O) groups excluding carboxylic acids is 3. The fourth-order valence-electron chi connectivity index (χ4n) is 9.31. The lowest BCUT2D eigenvalue weighted by molar-refractivity contribution is -0.397. The Balaban J connectivity index is 1.49. The molecular formula is C49H84O20. The van der Waals surface area contributed by atoms with Gasteiger partial charge in [0.15, 0.2) is 49.6 Å². The summed E-state index contributed by atoms with van der Waals surface area (Å²) in [5, 5.41) is 69.0. The van der Waals surface area contributed by atoms with E-state index in [4.69, 9.17) is 52.1 Å². The number of unbranched alkanes of at least 4 members (excludes halogenated alkanes) is 2. The molecule has 0 unspecified atom stereocenters. The zero-order chi connectivity index (χ0) is 50.7. The third kappa shape index (κ3) is 15.2. The highest BCUT2D eigenvalue weighted by Gasteiger charge is 2.57. The van der Waals surface area contributed by atoms with Gasteiger partial charge in [0, 0.05) is 6.42 Å². The van der Waals surface area contributed by atoms with Crippen LogP contribution in [-0.4, -0.2) is 177 Å². The molecule has 0 radical (unpaired) electrons. The van der Waals surface area contributed by atoms with Crippen molar-refractivity contribution in [3.8, 4) is 0 Å². The maximum Gasteiger partial charge on any atom is 0.309 e. The summed E-state index contributed by atoms with van der Waals surface area (Å²) in [6, 6.07) is 0. The van der Waals surface area contributed by atoms with Gasteiger partial charge in [-0.2, -0.15) is 0 Å². The first-order valence-electron chi connectivity index (χ1n) is 25.7. The van der Waals surface area contributed by atoms with Gasteiger partial charge in [-0.1, -0.05) is 92.4 Å². The lowest BCUT2D eigenvalue weighted by Crippen LogP contribution is -2.67. The van der Waals surface area contributed by atoms with Gasteiger partial charge in [-0.3, -0.25) is 14.4 Å². The summed E-state index contributed by atoms with van der Waals surface area (Å²) >= 11 is 0. The number of fused-ring (bicyclic) bond motifs is 3. The van der Waals surface area contributed by atoms with Crippen molar-refractivity contribution in [3.63, 3.8) is 0 Å². The molecule has 0 saturated carbocycles. The van der Waals surface area contributed by atoms with E-state index >= 15 is 0 Å². The van der Waals surface area contributed by atoms with Crippen LogP contribution in [0.25, 0.3) is 0 Å². The summed E-state index contributed by atoms with van der Waals surface area (Å²) in [6.07, 6.45) is -18.3. The minimum absolute atomic E-state index is 0.0263. The minimum atomic E-state index is -1.78. The molecular weight excluding hydrogens is 909 g/mol. The van der Waals surface area contributed by atoms with E-state index in [0.717, 1.165) is 70.6 Å². The summed E-state index contributed by atoms with van der Waals surface area (Å²) in [6.45, 7) is 14.9. The van der Waals surface area contributed by atoms with E-state index in [1.165, 1.54) is 20.8 Å². The van der Waals surface area contributed by atoms with Crippen LogP contribution in [0.15, 0.2) is 0 Å². The summed E-state index contributed by atoms with van der Waals surface area (Å²) in [4.78, 5) is 39.6. The second-order valence-electron chi connectivity index (χ2n) is 20.1. The van der Waals surface area contributed by atoms with Gasteiger partial charge >= 0.3 is 17.9 Å². The van der Waals surface area contributed by atoms with Crippen LogP contribution in [0.5, 0.6) is 0 Å². The Labute approximate surface area is 407 Å². The van der Waals surface area contributed by atoms with E-state index < -0.39 is 153 Å². The van der Waals surface area contributed by atoms with Crippen LogP contribution in [0.1, 0.15) is 152 Å². The lowest BCUT2D eigenvalue weighted by atomic mass is 9.96. The van der Waals surface area contributed by atoms with Gasteiger partial charge in [-0.15, -0.1) is 0 Å². The van der Waals surface area contributed by atoms with Gasteiger partial charge in [0.25, 0.3) is 0 Å². The monoisotopic (exact) mass is 993 g/mol. The van der Waals surface area contributed by atoms with Gasteiger partial charge in [0.05, 0.1) is 42.4 Å². The van der Waals surface area contributed by atoms with Crippen molar-refractivity contribution in [1.29, 1.82) is 0 Å². The van der Waals surface area contributed by atoms with Crippen LogP contribution in [0, 0.1) is 11.8 Å². The Kier molecular flexibility index (Phi) is 22.8. The van der Waals surface area contributed by atoms with Crippen LogP contribution in [0.2, 0.25) is 0 Å². The van der Waals surface area contributed by atoms with E-state index in [1.807, 2.05) is 0 Å². The topological polar surface area (TPSA) is 274 Å². The van der Waals surface area contributed by atoms with Crippen molar-refractivity contribution in [3.05, 3.63) is 0 Å². The first kappa shape index (κ1) is 57.7. The number of hydrogen-bond donors (Lipinski definition) is 6. The summed E-state index contributed by atoms with van der Waals surface area (Å²) in [5.74, 6) is -3.19. The molecule has 20 nitrogen and oxygen atoms in total. The van der Waals surface area contributed by atoms with E-state index in [2.05, 4.69) is 6.92 Å². The van der Waals surface area contributed by atoms with Crippen molar-refractivity contribution in [2.24, 2.45) is 11.8 Å². The molecule has 0 aromatic rings. The molecule has 5 aliphatic heterocycles. The normalized spacial score (nSPS) is 42.7. The molecule has 0 aliphatic carbocycles. The summed E-state index contributed by atoms with van der Waals surface area (Å²) < 4.78 is 68.1. The number of ether oxygens (including phenoxy) is 11. The standard InChI is InChI=1S/C49H84O20/c1-10-12-18-21-30-22-19-16-14-13-15-17-20-23-31(50)64-40-33(52)27(7)60-49(68-41-34(53)32(51)26(6)59-47(41)63-30)43(40)69-48-42(66-45(58)25(5)11-2)37(56)39(29(9)62-48)67-46-36(55)35(54)38(28(8)61-46)65-44(57)24(3)4/h24-30,32-43,46-49,51-56H,10-23H2,1-9H3/t25-,26-,27+,28+,29+,30-,32-,33-,34+,35+,36+,37-,38+,39+,40+,41-,42+,43+,46-,47+,48-,49-/m1/s1. The molecule has 2 bridgehead atoms.